The summed E-state index contributed by atoms with van der Waals surface area (Å²) in [6.07, 6.45) is 0. The molecule has 0 unspecified atom stereocenters. The minimum absolute atomic E-state index is 0.266. The Morgan fingerprint density at radius 1 is 0.741 bits per heavy atom. The summed E-state index contributed by atoms with van der Waals surface area (Å²) < 4.78 is 9.13. The Balaban J connectivity index is 1.82. The van der Waals surface area contributed by atoms with Gasteiger partial charge in [0.2, 0.25) is 0 Å². The van der Waals surface area contributed by atoms with Gasteiger partial charge in [-0.3, -0.25) is 0 Å². The summed E-state index contributed by atoms with van der Waals surface area (Å²) in [5, 5.41) is 0. The molecule has 1 nitrogen and oxygen atoms in total. The topological polar surface area (TPSA) is 9.23 Å². The van der Waals surface area contributed by atoms with Crippen LogP contribution in [0.2, 0.25) is 0 Å². The Hall–Kier alpha value is -2.54. The van der Waals surface area contributed by atoms with E-state index in [0.717, 1.165) is 5.75 Å². The van der Waals surface area contributed by atoms with Gasteiger partial charge in [0.15, 0.2) is 0 Å². The minimum atomic E-state index is 0.266. The van der Waals surface area contributed by atoms with Gasteiger partial charge in [0.1, 0.15) is 0 Å². The summed E-state index contributed by atoms with van der Waals surface area (Å²) in [6, 6.07) is 26.3. The Morgan fingerprint density at radius 2 is 1.52 bits per heavy atom. The Kier molecular flexibility index (Phi) is 4.04. The predicted molar refractivity (Wildman–Crippen MR) is 113 cm³/mol. The van der Waals surface area contributed by atoms with E-state index in [1.165, 1.54) is 47.8 Å². The van der Waals surface area contributed by atoms with Gasteiger partial charge in [-0.1, -0.05) is 0 Å². The summed E-state index contributed by atoms with van der Waals surface area (Å²) in [4.78, 5) is 0. The number of hydrogen-bond donors (Lipinski definition) is 0. The standard InChI is InChI=1S/C25H20OSe/c1-16-7-6-10-19(13-16)23-21-15-26-22-12-11-17(2)14-20(22)25(21)27-24(23)18-8-4-3-5-9-18/h3-14H,15H2,1-2H3. The van der Waals surface area contributed by atoms with Crippen molar-refractivity contribution in [3.8, 4) is 36.9 Å². The molecule has 1 aliphatic heterocycles. The van der Waals surface area contributed by atoms with Crippen molar-refractivity contribution in [1.82, 2.24) is 0 Å². The first kappa shape index (κ1) is 16.6. The zero-order chi connectivity index (χ0) is 18.4. The van der Waals surface area contributed by atoms with E-state index < -0.39 is 0 Å². The zero-order valence-corrected chi connectivity index (χ0v) is 17.2. The first-order valence-electron chi connectivity index (χ1n) is 9.22. The van der Waals surface area contributed by atoms with Crippen LogP contribution in [0.4, 0.5) is 0 Å². The van der Waals surface area contributed by atoms with Gasteiger partial charge in [0, 0.05) is 0 Å². The van der Waals surface area contributed by atoms with E-state index in [4.69, 9.17) is 4.74 Å². The van der Waals surface area contributed by atoms with Crippen LogP contribution in [0.15, 0.2) is 72.8 Å². The molecule has 5 rings (SSSR count). The summed E-state index contributed by atoms with van der Waals surface area (Å²) >= 11 is 0.266. The summed E-state index contributed by atoms with van der Waals surface area (Å²) in [5.74, 6) is 1.03. The fraction of sp³-hybridized carbons (Fsp3) is 0.120. The van der Waals surface area contributed by atoms with Crippen molar-refractivity contribution >= 4 is 14.5 Å². The van der Waals surface area contributed by atoms with Gasteiger partial charge in [-0.15, -0.1) is 0 Å². The van der Waals surface area contributed by atoms with Crippen LogP contribution in [-0.4, -0.2) is 14.5 Å². The van der Waals surface area contributed by atoms with E-state index in [-0.39, 0.29) is 14.5 Å². The van der Waals surface area contributed by atoms with Crippen LogP contribution in [0.3, 0.4) is 0 Å². The zero-order valence-electron chi connectivity index (χ0n) is 15.5. The number of fused-ring (bicyclic) bond motifs is 3. The molecule has 132 valence electrons. The number of hydrogen-bond acceptors (Lipinski definition) is 1. The van der Waals surface area contributed by atoms with Crippen molar-refractivity contribution in [2.75, 3.05) is 0 Å². The van der Waals surface area contributed by atoms with Crippen molar-refractivity contribution in [1.29, 1.82) is 0 Å². The number of benzene rings is 3. The van der Waals surface area contributed by atoms with E-state index in [0.29, 0.717) is 6.61 Å². The fourth-order valence-electron chi connectivity index (χ4n) is 3.82. The van der Waals surface area contributed by atoms with E-state index in [9.17, 15) is 0 Å². The number of ether oxygens (including phenoxy) is 1. The first-order valence-corrected chi connectivity index (χ1v) is 10.9. The average Bonchev–Trinajstić information content (AvgIpc) is 3.09. The van der Waals surface area contributed by atoms with Crippen molar-refractivity contribution in [3.05, 3.63) is 89.5 Å². The summed E-state index contributed by atoms with van der Waals surface area (Å²) in [5.41, 5.74) is 9.25. The molecule has 2 heteroatoms. The van der Waals surface area contributed by atoms with Crippen molar-refractivity contribution < 1.29 is 4.74 Å². The third-order valence-corrected chi connectivity index (χ3v) is 7.86. The van der Waals surface area contributed by atoms with Gasteiger partial charge in [-0.25, -0.2) is 0 Å². The van der Waals surface area contributed by atoms with E-state index >= 15 is 0 Å². The molecule has 2 heterocycles. The van der Waals surface area contributed by atoms with Crippen LogP contribution in [0, 0.1) is 13.8 Å². The fourth-order valence-corrected chi connectivity index (χ4v) is 6.66. The molecule has 0 spiro atoms. The van der Waals surface area contributed by atoms with Gasteiger partial charge in [-0.2, -0.15) is 0 Å². The molecule has 0 saturated carbocycles. The normalized spacial score (nSPS) is 12.2. The van der Waals surface area contributed by atoms with Crippen molar-refractivity contribution in [2.45, 2.75) is 20.5 Å². The molecule has 4 aromatic rings. The summed E-state index contributed by atoms with van der Waals surface area (Å²) in [6.45, 7) is 4.98. The maximum atomic E-state index is 6.18. The molecule has 0 saturated heterocycles. The van der Waals surface area contributed by atoms with Crippen LogP contribution in [-0.2, 0) is 6.61 Å². The molecule has 0 aliphatic carbocycles. The third kappa shape index (κ3) is 2.86. The molecule has 0 fully saturated rings. The molecule has 1 aromatic heterocycles. The van der Waals surface area contributed by atoms with Crippen LogP contribution in [0.5, 0.6) is 5.75 Å². The summed E-state index contributed by atoms with van der Waals surface area (Å²) in [7, 11) is 0. The Labute approximate surface area is 166 Å². The van der Waals surface area contributed by atoms with Crippen molar-refractivity contribution in [3.63, 3.8) is 0 Å². The molecule has 0 bridgehead atoms. The van der Waals surface area contributed by atoms with Gasteiger partial charge in [-0.05, 0) is 0 Å². The SMILES string of the molecule is Cc1cccc(-c2c(-c3ccccc3)[se]c3c2COc2ccc(C)cc2-3)c1. The Bertz CT molecular complexity index is 1140. The van der Waals surface area contributed by atoms with Gasteiger partial charge in [0.05, 0.1) is 0 Å². The molecule has 3 aromatic carbocycles. The molecular formula is C25H20OSe. The molecule has 27 heavy (non-hydrogen) atoms. The predicted octanol–water partition coefficient (Wildman–Crippen LogP) is 6.25. The second-order valence-electron chi connectivity index (χ2n) is 7.14. The molecular weight excluding hydrogens is 395 g/mol. The van der Waals surface area contributed by atoms with Crippen LogP contribution in [0.25, 0.3) is 31.1 Å². The van der Waals surface area contributed by atoms with Gasteiger partial charge >= 0.3 is 166 Å². The van der Waals surface area contributed by atoms with E-state index in [1.54, 1.807) is 0 Å². The average molecular weight is 415 g/mol. The van der Waals surface area contributed by atoms with Gasteiger partial charge < -0.3 is 0 Å². The quantitative estimate of drug-likeness (QED) is 0.352. The number of aryl methyl sites for hydroxylation is 2. The first-order chi connectivity index (χ1) is 13.2. The van der Waals surface area contributed by atoms with Crippen LogP contribution >= 0.6 is 0 Å². The monoisotopic (exact) mass is 416 g/mol. The second-order valence-corrected chi connectivity index (χ2v) is 9.28. The third-order valence-electron chi connectivity index (χ3n) is 5.10. The second kappa shape index (κ2) is 6.56. The molecule has 0 amide bonds. The van der Waals surface area contributed by atoms with Crippen molar-refractivity contribution in [2.24, 2.45) is 0 Å². The molecule has 0 atom stereocenters. The van der Waals surface area contributed by atoms with Gasteiger partial charge in [0.25, 0.3) is 0 Å². The van der Waals surface area contributed by atoms with Crippen LogP contribution in [0.1, 0.15) is 16.7 Å². The van der Waals surface area contributed by atoms with Crippen LogP contribution < -0.4 is 4.74 Å². The molecule has 1 aliphatic rings. The molecule has 0 N–H and O–H groups in total. The maximum absolute atomic E-state index is 6.18. The van der Waals surface area contributed by atoms with E-state index in [2.05, 4.69) is 86.6 Å². The van der Waals surface area contributed by atoms with E-state index in [1.807, 2.05) is 0 Å². The molecule has 0 radical (unpaired) electrons. The Morgan fingerprint density at radius 3 is 2.33 bits per heavy atom. The number of rotatable bonds is 2.